The minimum atomic E-state index is -0.00591. The van der Waals surface area contributed by atoms with Gasteiger partial charge in [-0.15, -0.1) is 0 Å². The van der Waals surface area contributed by atoms with Crippen LogP contribution >= 0.6 is 0 Å². The molecule has 3 heterocycles. The Morgan fingerprint density at radius 3 is 2.66 bits per heavy atom. The molecule has 0 unspecified atom stereocenters. The number of rotatable bonds is 4. The van der Waals surface area contributed by atoms with E-state index in [1.165, 1.54) is 16.7 Å². The van der Waals surface area contributed by atoms with Crippen LogP contribution in [0.1, 0.15) is 23.6 Å². The normalized spacial score (nSPS) is 14.9. The van der Waals surface area contributed by atoms with Crippen LogP contribution < -0.4 is 15.7 Å². The van der Waals surface area contributed by atoms with E-state index in [1.54, 1.807) is 13.4 Å². The van der Waals surface area contributed by atoms with Crippen LogP contribution in [0.2, 0.25) is 0 Å². The minimum absolute atomic E-state index is 0.00591. The van der Waals surface area contributed by atoms with E-state index >= 15 is 0 Å². The molecule has 0 radical (unpaired) electrons. The first-order chi connectivity index (χ1) is 14.1. The molecule has 2 aliphatic heterocycles. The van der Waals surface area contributed by atoms with Gasteiger partial charge in [-0.3, -0.25) is 0 Å². The number of aromatic nitrogens is 2. The van der Waals surface area contributed by atoms with E-state index in [2.05, 4.69) is 94.0 Å². The summed E-state index contributed by atoms with van der Waals surface area (Å²) in [6.07, 6.45) is 3.79. The third-order valence-electron chi connectivity index (χ3n) is 5.42. The molecular formula is C23H20BN5. The monoisotopic (exact) mass is 377 g/mol. The number of nitrogens with one attached hydrogen (secondary N) is 1. The molecule has 0 spiro atoms. The van der Waals surface area contributed by atoms with Crippen molar-refractivity contribution < 1.29 is 0 Å². The Hall–Kier alpha value is -3.54. The van der Waals surface area contributed by atoms with E-state index < -0.39 is 0 Å². The number of benzene rings is 2. The summed E-state index contributed by atoms with van der Waals surface area (Å²) < 4.78 is 0. The molecule has 2 aromatic carbocycles. The number of fused-ring (bicyclic) bond motifs is 2. The standard InChI is InChI=1S/C23H20BN5/c1-14-8-7-9-17-12-19(15(2)27-22-21-23(28-24-21)26-13-25-22)29(16(3)20(14)17)18-10-5-4-6-11-18/h4-13,15H,3H2,1-2H3,(H,25,26,27,28)/t15-/m0/s1. The quantitative estimate of drug-likeness (QED) is 0.540. The van der Waals surface area contributed by atoms with Crippen LogP contribution in [0.15, 0.2) is 72.0 Å². The first kappa shape index (κ1) is 17.6. The van der Waals surface area contributed by atoms with E-state index in [0.717, 1.165) is 34.2 Å². The third kappa shape index (κ3) is 2.88. The average molecular weight is 377 g/mol. The summed E-state index contributed by atoms with van der Waals surface area (Å²) >= 11 is 0. The molecule has 0 saturated carbocycles. The maximum absolute atomic E-state index is 4.47. The Morgan fingerprint density at radius 1 is 1.07 bits per heavy atom. The van der Waals surface area contributed by atoms with Crippen LogP contribution in [0.5, 0.6) is 0 Å². The molecule has 1 aromatic heterocycles. The number of hydrogen-bond acceptors (Lipinski definition) is 5. The first-order valence-corrected chi connectivity index (χ1v) is 9.65. The zero-order valence-electron chi connectivity index (χ0n) is 16.4. The molecule has 2 aliphatic rings. The first-order valence-electron chi connectivity index (χ1n) is 9.65. The summed E-state index contributed by atoms with van der Waals surface area (Å²) in [6.45, 7) is 8.74. The number of anilines is 2. The van der Waals surface area contributed by atoms with E-state index in [1.807, 2.05) is 6.07 Å². The van der Waals surface area contributed by atoms with Gasteiger partial charge in [-0.2, -0.15) is 0 Å². The van der Waals surface area contributed by atoms with Crippen LogP contribution in [0.3, 0.4) is 0 Å². The fraction of sp³-hybridized carbons (Fsp3) is 0.130. The summed E-state index contributed by atoms with van der Waals surface area (Å²) in [6, 6.07) is 16.7. The predicted molar refractivity (Wildman–Crippen MR) is 120 cm³/mol. The Kier molecular flexibility index (Phi) is 4.12. The second kappa shape index (κ2) is 6.81. The van der Waals surface area contributed by atoms with Gasteiger partial charge in [-0.05, 0) is 0 Å². The molecule has 140 valence electrons. The van der Waals surface area contributed by atoms with Crippen LogP contribution in [0.4, 0.5) is 17.3 Å². The molecule has 5 nitrogen and oxygen atoms in total. The summed E-state index contributed by atoms with van der Waals surface area (Å²) in [7, 11) is 1.80. The fourth-order valence-electron chi connectivity index (χ4n) is 3.96. The van der Waals surface area contributed by atoms with Crippen LogP contribution in [-0.2, 0) is 0 Å². The van der Waals surface area contributed by atoms with Gasteiger partial charge in [0.25, 0.3) is 0 Å². The van der Waals surface area contributed by atoms with Gasteiger partial charge in [-0.1, -0.05) is 0 Å². The molecule has 0 bridgehead atoms. The van der Waals surface area contributed by atoms with Gasteiger partial charge in [0, 0.05) is 0 Å². The van der Waals surface area contributed by atoms with Gasteiger partial charge in [0.15, 0.2) is 0 Å². The molecule has 1 N–H and O–H groups in total. The van der Waals surface area contributed by atoms with E-state index in [0.29, 0.717) is 0 Å². The van der Waals surface area contributed by atoms with Crippen molar-refractivity contribution in [1.29, 1.82) is 0 Å². The Morgan fingerprint density at radius 2 is 1.90 bits per heavy atom. The zero-order chi connectivity index (χ0) is 20.0. The summed E-state index contributed by atoms with van der Waals surface area (Å²) in [4.78, 5) is 15.0. The molecule has 29 heavy (non-hydrogen) atoms. The average Bonchev–Trinajstić information content (AvgIpc) is 2.69. The number of nitrogens with zero attached hydrogens (tertiary/aromatic N) is 4. The molecule has 5 rings (SSSR count). The zero-order valence-corrected chi connectivity index (χ0v) is 16.4. The van der Waals surface area contributed by atoms with Crippen molar-refractivity contribution in [3.63, 3.8) is 0 Å². The number of hydrogen-bond donors (Lipinski definition) is 1. The molecule has 1 atom stereocenters. The Labute approximate surface area is 170 Å². The van der Waals surface area contributed by atoms with Crippen molar-refractivity contribution >= 4 is 41.6 Å². The molecule has 0 aliphatic carbocycles. The summed E-state index contributed by atoms with van der Waals surface area (Å²) in [5.41, 5.74) is 7.72. The Balaban J connectivity index is 1.59. The molecule has 0 saturated heterocycles. The van der Waals surface area contributed by atoms with Crippen molar-refractivity contribution in [2.75, 3.05) is 10.2 Å². The van der Waals surface area contributed by atoms with Gasteiger partial charge in [0.2, 0.25) is 0 Å². The molecule has 3 aromatic rings. The molecular weight excluding hydrogens is 357 g/mol. The van der Waals surface area contributed by atoms with Crippen LogP contribution in [0.25, 0.3) is 11.8 Å². The van der Waals surface area contributed by atoms with Crippen molar-refractivity contribution in [2.24, 2.45) is 4.90 Å². The van der Waals surface area contributed by atoms with Crippen molar-refractivity contribution in [2.45, 2.75) is 19.9 Å². The molecule has 0 amide bonds. The van der Waals surface area contributed by atoms with Crippen molar-refractivity contribution in [3.8, 4) is 0 Å². The second-order valence-corrected chi connectivity index (χ2v) is 7.31. The van der Waals surface area contributed by atoms with Gasteiger partial charge in [-0.25, -0.2) is 0 Å². The van der Waals surface area contributed by atoms with Crippen molar-refractivity contribution in [1.82, 2.24) is 9.97 Å². The van der Waals surface area contributed by atoms with Gasteiger partial charge >= 0.3 is 170 Å². The molecule has 0 fully saturated rings. The third-order valence-corrected chi connectivity index (χ3v) is 5.42. The maximum atomic E-state index is 4.47. The van der Waals surface area contributed by atoms with Crippen molar-refractivity contribution in [3.05, 3.63) is 83.8 Å². The second-order valence-electron chi connectivity index (χ2n) is 7.31. The van der Waals surface area contributed by atoms with E-state index in [-0.39, 0.29) is 6.04 Å². The SMILES string of the molecule is C=C1c2c(C)cccc2C=C([C@H](C)Nc2ncnc3c2B=N3)N1c1ccccc1. The van der Waals surface area contributed by atoms with Crippen LogP contribution in [-0.4, -0.2) is 23.1 Å². The summed E-state index contributed by atoms with van der Waals surface area (Å²) in [5, 5.41) is 3.54. The van der Waals surface area contributed by atoms with Crippen LogP contribution in [0, 0.1) is 6.92 Å². The van der Waals surface area contributed by atoms with E-state index in [4.69, 9.17) is 0 Å². The fourth-order valence-corrected chi connectivity index (χ4v) is 3.96. The van der Waals surface area contributed by atoms with E-state index in [9.17, 15) is 0 Å². The van der Waals surface area contributed by atoms with Gasteiger partial charge in [0.1, 0.15) is 0 Å². The summed E-state index contributed by atoms with van der Waals surface area (Å²) in [5.74, 6) is 1.53. The topological polar surface area (TPSA) is 53.4 Å². The van der Waals surface area contributed by atoms with Gasteiger partial charge in [0.05, 0.1) is 0 Å². The van der Waals surface area contributed by atoms with Gasteiger partial charge < -0.3 is 0 Å². The predicted octanol–water partition coefficient (Wildman–Crippen LogP) is 4.28. The number of para-hydroxylation sites is 1. The Bertz CT molecular complexity index is 1180. The number of aryl methyl sites for hydroxylation is 1. The molecule has 6 heteroatoms.